The van der Waals surface area contributed by atoms with Gasteiger partial charge in [-0.25, -0.2) is 0 Å². The second-order valence-electron chi connectivity index (χ2n) is 6.16. The van der Waals surface area contributed by atoms with Gasteiger partial charge < -0.3 is 10.6 Å². The van der Waals surface area contributed by atoms with Gasteiger partial charge in [0.1, 0.15) is 0 Å². The number of hydrogen-bond acceptors (Lipinski definition) is 4. The molecular weight excluding hydrogens is 284 g/mol. The minimum absolute atomic E-state index is 0.281. The van der Waals surface area contributed by atoms with Gasteiger partial charge in [0.15, 0.2) is 0 Å². The normalized spacial score (nSPS) is 25.7. The van der Waals surface area contributed by atoms with Crippen LogP contribution in [0.3, 0.4) is 0 Å². The second-order valence-corrected chi connectivity index (χ2v) is 6.16. The van der Waals surface area contributed by atoms with E-state index < -0.39 is 0 Å². The molecule has 2 heterocycles. The van der Waals surface area contributed by atoms with Crippen LogP contribution in [-0.4, -0.2) is 25.3 Å². The van der Waals surface area contributed by atoms with Crippen molar-refractivity contribution < 1.29 is 0 Å². The summed E-state index contributed by atoms with van der Waals surface area (Å²) in [4.78, 5) is 4.31. The Labute approximate surface area is 135 Å². The molecule has 2 unspecified atom stereocenters. The Morgan fingerprint density at radius 3 is 3.00 bits per heavy atom. The molecular formula is C19H18N4. The molecule has 4 rings (SSSR count). The van der Waals surface area contributed by atoms with Gasteiger partial charge in [0, 0.05) is 43.0 Å². The van der Waals surface area contributed by atoms with Gasteiger partial charge in [-0.05, 0) is 29.3 Å². The fourth-order valence-corrected chi connectivity index (χ4v) is 3.19. The third kappa shape index (κ3) is 2.71. The van der Waals surface area contributed by atoms with Crippen molar-refractivity contribution in [3.05, 3.63) is 65.5 Å². The minimum Gasteiger partial charge on any atom is -0.382 e. The number of allylic oxidation sites excluding steroid dienone is 5. The van der Waals surface area contributed by atoms with Crippen molar-refractivity contribution in [2.24, 2.45) is 16.8 Å². The topological polar surface area (TPSA) is 60.2 Å². The molecule has 2 atom stereocenters. The van der Waals surface area contributed by atoms with Crippen LogP contribution in [0.5, 0.6) is 0 Å². The highest BCUT2D eigenvalue weighted by Gasteiger charge is 2.29. The maximum absolute atomic E-state index is 9.13. The van der Waals surface area contributed by atoms with Crippen LogP contribution < -0.4 is 10.6 Å². The molecule has 0 bridgehead atoms. The van der Waals surface area contributed by atoms with E-state index in [0.29, 0.717) is 17.5 Å². The lowest BCUT2D eigenvalue weighted by atomic mass is 9.80. The molecule has 2 aliphatic heterocycles. The average Bonchev–Trinajstić information content (AvgIpc) is 2.57. The summed E-state index contributed by atoms with van der Waals surface area (Å²) in [6.07, 6.45) is 10.5. The highest BCUT2D eigenvalue weighted by Crippen LogP contribution is 2.34. The van der Waals surface area contributed by atoms with Crippen LogP contribution in [-0.2, 0) is 0 Å². The summed E-state index contributed by atoms with van der Waals surface area (Å²) in [7, 11) is 0. The van der Waals surface area contributed by atoms with Crippen molar-refractivity contribution in [2.45, 2.75) is 6.04 Å². The Bertz CT molecular complexity index is 775. The Balaban J connectivity index is 1.70. The molecule has 1 saturated heterocycles. The summed E-state index contributed by atoms with van der Waals surface area (Å²) in [6.45, 7) is 2.01. The SMILES string of the molecule is N#Cc1cccc(C2=CC3C=CN=CC3C(NC3CNC3)=C2)c1. The number of nitrogens with zero attached hydrogens (tertiary/aromatic N) is 2. The molecule has 1 aromatic rings. The van der Waals surface area contributed by atoms with Crippen LogP contribution in [0.4, 0.5) is 0 Å². The molecule has 0 spiro atoms. The highest BCUT2D eigenvalue weighted by atomic mass is 15.1. The summed E-state index contributed by atoms with van der Waals surface area (Å²) in [5.41, 5.74) is 4.16. The average molecular weight is 302 g/mol. The predicted molar refractivity (Wildman–Crippen MR) is 91.6 cm³/mol. The lowest BCUT2D eigenvalue weighted by Gasteiger charge is -2.35. The van der Waals surface area contributed by atoms with Gasteiger partial charge in [0.05, 0.1) is 17.7 Å². The molecule has 1 aromatic carbocycles. The van der Waals surface area contributed by atoms with Crippen LogP contribution in [0.1, 0.15) is 11.1 Å². The fraction of sp³-hybridized carbons (Fsp3) is 0.263. The Kier molecular flexibility index (Phi) is 3.57. The number of benzene rings is 1. The first kappa shape index (κ1) is 14.0. The Morgan fingerprint density at radius 1 is 1.30 bits per heavy atom. The maximum atomic E-state index is 9.13. The van der Waals surface area contributed by atoms with Crippen molar-refractivity contribution in [1.29, 1.82) is 5.26 Å². The predicted octanol–water partition coefficient (Wildman–Crippen LogP) is 2.23. The largest absolute Gasteiger partial charge is 0.382 e. The zero-order chi connectivity index (χ0) is 15.6. The van der Waals surface area contributed by atoms with Gasteiger partial charge >= 0.3 is 0 Å². The van der Waals surface area contributed by atoms with E-state index in [2.05, 4.69) is 46.0 Å². The molecule has 23 heavy (non-hydrogen) atoms. The van der Waals surface area contributed by atoms with E-state index in [0.717, 1.165) is 24.2 Å². The number of nitrogens with one attached hydrogen (secondary N) is 2. The molecule has 0 saturated carbocycles. The van der Waals surface area contributed by atoms with Crippen molar-refractivity contribution in [1.82, 2.24) is 10.6 Å². The van der Waals surface area contributed by atoms with Crippen molar-refractivity contribution in [3.8, 4) is 6.07 Å². The molecule has 1 fully saturated rings. The smallest absolute Gasteiger partial charge is 0.0991 e. The molecule has 0 radical (unpaired) electrons. The van der Waals surface area contributed by atoms with Gasteiger partial charge in [0.25, 0.3) is 0 Å². The number of aliphatic imine (C=N–C) groups is 1. The third-order valence-corrected chi connectivity index (χ3v) is 4.58. The summed E-state index contributed by atoms with van der Waals surface area (Å²) in [6, 6.07) is 10.5. The molecule has 4 nitrogen and oxygen atoms in total. The zero-order valence-corrected chi connectivity index (χ0v) is 12.7. The number of nitriles is 1. The van der Waals surface area contributed by atoms with Crippen molar-refractivity contribution in [2.75, 3.05) is 13.1 Å². The summed E-state index contributed by atoms with van der Waals surface area (Å²) >= 11 is 0. The first-order valence-electron chi connectivity index (χ1n) is 7.95. The number of fused-ring (bicyclic) bond motifs is 1. The highest BCUT2D eigenvalue weighted by molar-refractivity contribution is 5.81. The lowest BCUT2D eigenvalue weighted by molar-refractivity contribution is 0.379. The first-order chi connectivity index (χ1) is 11.3. The van der Waals surface area contributed by atoms with Gasteiger partial charge in [0.2, 0.25) is 0 Å². The quantitative estimate of drug-likeness (QED) is 0.900. The minimum atomic E-state index is 0.281. The van der Waals surface area contributed by atoms with Crippen LogP contribution in [0, 0.1) is 23.2 Å². The van der Waals surface area contributed by atoms with E-state index in [1.165, 1.54) is 5.70 Å². The fourth-order valence-electron chi connectivity index (χ4n) is 3.19. The summed E-state index contributed by atoms with van der Waals surface area (Å²) < 4.78 is 0. The summed E-state index contributed by atoms with van der Waals surface area (Å²) in [5, 5.41) is 16.1. The molecule has 3 aliphatic rings. The van der Waals surface area contributed by atoms with Crippen LogP contribution in [0.15, 0.2) is 59.4 Å². The van der Waals surface area contributed by atoms with Crippen LogP contribution in [0.2, 0.25) is 0 Å². The van der Waals surface area contributed by atoms with Crippen molar-refractivity contribution in [3.63, 3.8) is 0 Å². The molecule has 0 amide bonds. The number of rotatable bonds is 3. The first-order valence-corrected chi connectivity index (χ1v) is 7.95. The summed E-state index contributed by atoms with van der Waals surface area (Å²) in [5.74, 6) is 0.595. The van der Waals surface area contributed by atoms with E-state index in [9.17, 15) is 0 Å². The molecule has 1 aliphatic carbocycles. The van der Waals surface area contributed by atoms with Gasteiger partial charge in [-0.15, -0.1) is 0 Å². The van der Waals surface area contributed by atoms with E-state index in [1.54, 1.807) is 0 Å². The Morgan fingerprint density at radius 2 is 2.22 bits per heavy atom. The standard InChI is InChI=1S/C19H18N4/c20-9-13-2-1-3-14(6-13)16-7-15-4-5-21-12-18(15)19(8-16)23-17-10-22-11-17/h1-8,12,15,17-18,22-23H,10-11H2. The molecule has 4 heteroatoms. The number of hydrogen-bond donors (Lipinski definition) is 2. The van der Waals surface area contributed by atoms with Crippen molar-refractivity contribution >= 4 is 11.8 Å². The van der Waals surface area contributed by atoms with Crippen LogP contribution >= 0.6 is 0 Å². The van der Waals surface area contributed by atoms with Crippen LogP contribution in [0.25, 0.3) is 5.57 Å². The van der Waals surface area contributed by atoms with E-state index >= 15 is 0 Å². The van der Waals surface area contributed by atoms with Gasteiger partial charge in [-0.1, -0.05) is 24.3 Å². The van der Waals surface area contributed by atoms with E-state index in [1.807, 2.05) is 30.6 Å². The van der Waals surface area contributed by atoms with E-state index in [4.69, 9.17) is 5.26 Å². The Hall–Kier alpha value is -2.64. The third-order valence-electron chi connectivity index (χ3n) is 4.58. The van der Waals surface area contributed by atoms with Gasteiger partial charge in [-0.2, -0.15) is 5.26 Å². The maximum Gasteiger partial charge on any atom is 0.0991 e. The van der Waals surface area contributed by atoms with E-state index in [-0.39, 0.29) is 5.92 Å². The molecule has 114 valence electrons. The van der Waals surface area contributed by atoms with Gasteiger partial charge in [-0.3, -0.25) is 4.99 Å². The lowest BCUT2D eigenvalue weighted by Crippen LogP contribution is -2.56. The monoisotopic (exact) mass is 302 g/mol. The second kappa shape index (κ2) is 5.86. The molecule has 0 aromatic heterocycles. The molecule has 2 N–H and O–H groups in total. The zero-order valence-electron chi connectivity index (χ0n) is 12.7.